The predicted octanol–water partition coefficient (Wildman–Crippen LogP) is 3.73. The molecule has 2 nitrogen and oxygen atoms in total. The summed E-state index contributed by atoms with van der Waals surface area (Å²) in [5.41, 5.74) is 0.203. The minimum Gasteiger partial charge on any atom is -0.379 e. The van der Waals surface area contributed by atoms with E-state index in [0.29, 0.717) is 0 Å². The molecule has 3 rings (SSSR count). The highest BCUT2D eigenvalue weighted by atomic mass is 32.2. The van der Waals surface area contributed by atoms with Crippen LogP contribution < -0.4 is 0 Å². The molecule has 0 spiro atoms. The minimum atomic E-state index is -1.30. The molecule has 0 aliphatic rings. The summed E-state index contributed by atoms with van der Waals surface area (Å²) in [6, 6.07) is 28.1. The maximum absolute atomic E-state index is 12.8. The molecule has 0 aliphatic heterocycles. The molecule has 0 unspecified atom stereocenters. The second-order valence-electron chi connectivity index (χ2n) is 5.40. The molecule has 3 aromatic carbocycles. The van der Waals surface area contributed by atoms with Gasteiger partial charge < -0.3 is 5.11 Å². The minimum absolute atomic E-state index is 0.116. The molecule has 1 N–H and O–H groups in total. The quantitative estimate of drug-likeness (QED) is 0.777. The third-order valence-corrected chi connectivity index (χ3v) is 5.33. The molecule has 0 radical (unpaired) electrons. The molecule has 0 amide bonds. The van der Waals surface area contributed by atoms with E-state index in [-0.39, 0.29) is 5.75 Å². The number of hydrogen-bond donors (Lipinski definition) is 1. The highest BCUT2D eigenvalue weighted by molar-refractivity contribution is 7.85. The van der Waals surface area contributed by atoms with Crippen LogP contribution in [-0.4, -0.2) is 15.1 Å². The summed E-state index contributed by atoms with van der Waals surface area (Å²) in [4.78, 5) is 0.720. The van der Waals surface area contributed by atoms with Crippen LogP contribution in [0.3, 0.4) is 0 Å². The highest BCUT2D eigenvalue weighted by Gasteiger charge is 2.33. The van der Waals surface area contributed by atoms with Crippen molar-refractivity contribution in [2.45, 2.75) is 10.5 Å². The average Bonchev–Trinajstić information content (AvgIpc) is 2.64. The third-order valence-electron chi connectivity index (χ3n) is 3.85. The van der Waals surface area contributed by atoms with Gasteiger partial charge in [-0.15, -0.1) is 0 Å². The van der Waals surface area contributed by atoms with Gasteiger partial charge in [-0.25, -0.2) is 0 Å². The molecule has 0 aromatic heterocycles. The fourth-order valence-electron chi connectivity index (χ4n) is 2.61. The summed E-state index contributed by atoms with van der Waals surface area (Å²) in [6.07, 6.45) is 0. The van der Waals surface area contributed by atoms with Crippen LogP contribution in [0.5, 0.6) is 0 Å². The molecule has 3 aromatic rings. The molecule has 0 bridgehead atoms. The number of aliphatic hydroxyl groups is 1. The van der Waals surface area contributed by atoms with Gasteiger partial charge >= 0.3 is 0 Å². The Kier molecular flexibility index (Phi) is 4.70. The van der Waals surface area contributed by atoms with Crippen LogP contribution in [0.2, 0.25) is 0 Å². The SMILES string of the molecule is O=[S@@](CC(O)(c1ccccc1)c1ccccc1)c1ccccc1. The zero-order chi connectivity index (χ0) is 16.1. The fraction of sp³-hybridized carbons (Fsp3) is 0.100. The number of benzene rings is 3. The van der Waals surface area contributed by atoms with E-state index in [1.54, 1.807) is 0 Å². The Morgan fingerprint density at radius 1 is 0.696 bits per heavy atom. The molecule has 0 saturated heterocycles. The van der Waals surface area contributed by atoms with E-state index >= 15 is 0 Å². The van der Waals surface area contributed by atoms with Crippen molar-refractivity contribution in [3.63, 3.8) is 0 Å². The van der Waals surface area contributed by atoms with E-state index in [0.717, 1.165) is 16.0 Å². The molecule has 0 heterocycles. The number of rotatable bonds is 5. The number of hydrogen-bond acceptors (Lipinski definition) is 2. The van der Waals surface area contributed by atoms with Crippen LogP contribution in [0, 0.1) is 0 Å². The van der Waals surface area contributed by atoms with Crippen molar-refractivity contribution in [3.05, 3.63) is 102 Å². The highest BCUT2D eigenvalue weighted by Crippen LogP contribution is 2.31. The van der Waals surface area contributed by atoms with E-state index in [1.165, 1.54) is 0 Å². The largest absolute Gasteiger partial charge is 0.379 e. The summed E-state index contributed by atoms with van der Waals surface area (Å²) < 4.78 is 12.8. The fourth-order valence-corrected chi connectivity index (χ4v) is 3.95. The van der Waals surface area contributed by atoms with E-state index < -0.39 is 16.4 Å². The topological polar surface area (TPSA) is 37.3 Å². The lowest BCUT2D eigenvalue weighted by Gasteiger charge is -2.29. The van der Waals surface area contributed by atoms with Gasteiger partial charge in [-0.05, 0) is 23.3 Å². The van der Waals surface area contributed by atoms with Gasteiger partial charge in [0.25, 0.3) is 0 Å². The standard InChI is InChI=1S/C20H18O2S/c21-20(17-10-4-1-5-11-17,18-12-6-2-7-13-18)16-23(22)19-14-8-3-9-15-19/h1-15,21H,16H2/t23-/m0/s1. The van der Waals surface area contributed by atoms with Crippen molar-refractivity contribution in [1.29, 1.82) is 0 Å². The van der Waals surface area contributed by atoms with Crippen LogP contribution in [0.1, 0.15) is 11.1 Å². The first kappa shape index (κ1) is 15.7. The van der Waals surface area contributed by atoms with Crippen molar-refractivity contribution in [2.75, 3.05) is 5.75 Å². The summed E-state index contributed by atoms with van der Waals surface area (Å²) >= 11 is 0. The smallest absolute Gasteiger partial charge is 0.126 e. The lowest BCUT2D eigenvalue weighted by molar-refractivity contribution is 0.106. The normalized spacial score (nSPS) is 12.7. The van der Waals surface area contributed by atoms with Gasteiger partial charge in [0.05, 0.1) is 16.6 Å². The van der Waals surface area contributed by atoms with Gasteiger partial charge in [-0.1, -0.05) is 78.9 Å². The molecule has 0 fully saturated rings. The summed E-state index contributed by atoms with van der Waals surface area (Å²) in [7, 11) is -1.30. The molecule has 0 aliphatic carbocycles. The van der Waals surface area contributed by atoms with E-state index in [1.807, 2.05) is 91.0 Å². The van der Waals surface area contributed by atoms with Crippen molar-refractivity contribution in [1.82, 2.24) is 0 Å². The first-order valence-electron chi connectivity index (χ1n) is 7.47. The molecule has 23 heavy (non-hydrogen) atoms. The molecular formula is C20H18O2S. The Labute approximate surface area is 138 Å². The summed E-state index contributed by atoms with van der Waals surface area (Å²) in [5.74, 6) is 0.116. The van der Waals surface area contributed by atoms with Gasteiger partial charge in [-0.2, -0.15) is 0 Å². The van der Waals surface area contributed by atoms with Crippen LogP contribution in [0.15, 0.2) is 95.9 Å². The zero-order valence-corrected chi connectivity index (χ0v) is 13.4. The Morgan fingerprint density at radius 2 is 1.09 bits per heavy atom. The Balaban J connectivity index is 2.01. The van der Waals surface area contributed by atoms with Gasteiger partial charge in [-0.3, -0.25) is 4.21 Å². The predicted molar refractivity (Wildman–Crippen MR) is 93.6 cm³/mol. The first-order valence-corrected chi connectivity index (χ1v) is 8.79. The van der Waals surface area contributed by atoms with Gasteiger partial charge in [0.2, 0.25) is 0 Å². The second kappa shape index (κ2) is 6.90. The van der Waals surface area contributed by atoms with E-state index in [2.05, 4.69) is 0 Å². The lowest BCUT2D eigenvalue weighted by Crippen LogP contribution is -2.33. The maximum Gasteiger partial charge on any atom is 0.126 e. The molecule has 3 heteroatoms. The third kappa shape index (κ3) is 3.41. The Bertz CT molecular complexity index is 731. The molecule has 0 saturated carbocycles. The van der Waals surface area contributed by atoms with Gasteiger partial charge in [0.15, 0.2) is 0 Å². The summed E-state index contributed by atoms with van der Waals surface area (Å²) in [6.45, 7) is 0. The van der Waals surface area contributed by atoms with Crippen LogP contribution in [0.4, 0.5) is 0 Å². The molecular weight excluding hydrogens is 304 g/mol. The average molecular weight is 322 g/mol. The molecule has 1 atom stereocenters. The zero-order valence-electron chi connectivity index (χ0n) is 12.6. The maximum atomic E-state index is 12.8. The van der Waals surface area contributed by atoms with Crippen LogP contribution >= 0.6 is 0 Å². The van der Waals surface area contributed by atoms with Crippen LogP contribution in [-0.2, 0) is 16.4 Å². The first-order chi connectivity index (χ1) is 11.2. The van der Waals surface area contributed by atoms with Crippen molar-refractivity contribution in [2.24, 2.45) is 0 Å². The Hall–Kier alpha value is -2.23. The van der Waals surface area contributed by atoms with Crippen molar-refractivity contribution >= 4 is 10.8 Å². The van der Waals surface area contributed by atoms with Crippen molar-refractivity contribution in [3.8, 4) is 0 Å². The van der Waals surface area contributed by atoms with Gasteiger partial charge in [0, 0.05) is 4.90 Å². The van der Waals surface area contributed by atoms with Crippen molar-refractivity contribution < 1.29 is 9.32 Å². The molecule has 116 valence electrons. The lowest BCUT2D eigenvalue weighted by atomic mass is 9.88. The summed E-state index contributed by atoms with van der Waals surface area (Å²) in [5, 5.41) is 11.4. The second-order valence-corrected chi connectivity index (χ2v) is 6.85. The van der Waals surface area contributed by atoms with E-state index in [9.17, 15) is 9.32 Å². The van der Waals surface area contributed by atoms with Gasteiger partial charge in [0.1, 0.15) is 5.60 Å². The van der Waals surface area contributed by atoms with Crippen LogP contribution in [0.25, 0.3) is 0 Å². The van der Waals surface area contributed by atoms with E-state index in [4.69, 9.17) is 0 Å². The monoisotopic (exact) mass is 322 g/mol. The Morgan fingerprint density at radius 3 is 1.52 bits per heavy atom.